The molecule has 0 radical (unpaired) electrons. The Morgan fingerprint density at radius 2 is 1.94 bits per heavy atom. The molecule has 0 aliphatic heterocycles. The Bertz CT molecular complexity index is 186. The van der Waals surface area contributed by atoms with Gasteiger partial charge < -0.3 is 10.1 Å². The molecular weight excluding hydrogens is 222 g/mol. The number of hydrogen-bond acceptors (Lipinski definition) is 4. The maximum absolute atomic E-state index is 11.4. The summed E-state index contributed by atoms with van der Waals surface area (Å²) < 4.78 is 4.75. The zero-order chi connectivity index (χ0) is 12.4. The highest BCUT2D eigenvalue weighted by Gasteiger charge is 2.16. The fourth-order valence-electron chi connectivity index (χ4n) is 1.31. The van der Waals surface area contributed by atoms with Gasteiger partial charge in [0.1, 0.15) is 6.04 Å². The lowest BCUT2D eigenvalue weighted by molar-refractivity contribution is -0.143. The van der Waals surface area contributed by atoms with Crippen molar-refractivity contribution in [3.63, 3.8) is 0 Å². The van der Waals surface area contributed by atoms with Crippen molar-refractivity contribution in [2.24, 2.45) is 5.92 Å². The van der Waals surface area contributed by atoms with Gasteiger partial charge in [-0.3, -0.25) is 4.79 Å². The molecule has 1 unspecified atom stereocenters. The maximum atomic E-state index is 11.4. The lowest BCUT2D eigenvalue weighted by Gasteiger charge is -2.14. The van der Waals surface area contributed by atoms with E-state index >= 15 is 0 Å². The highest BCUT2D eigenvalue weighted by Crippen LogP contribution is 2.11. The molecule has 16 heavy (non-hydrogen) atoms. The number of nitrogens with one attached hydrogen (secondary N) is 1. The zero-order valence-corrected chi connectivity index (χ0v) is 11.7. The second kappa shape index (κ2) is 9.97. The number of ether oxygens (including phenoxy) is 1. The van der Waals surface area contributed by atoms with E-state index < -0.39 is 0 Å². The van der Waals surface area contributed by atoms with Crippen LogP contribution in [0.1, 0.15) is 33.6 Å². The van der Waals surface area contributed by atoms with Crippen molar-refractivity contribution >= 4 is 17.7 Å². The van der Waals surface area contributed by atoms with Crippen LogP contribution in [0, 0.1) is 5.92 Å². The van der Waals surface area contributed by atoms with E-state index in [-0.39, 0.29) is 12.0 Å². The first kappa shape index (κ1) is 15.8. The van der Waals surface area contributed by atoms with Crippen LogP contribution in [0.3, 0.4) is 0 Å². The number of carbonyl (C=O) groups is 1. The maximum Gasteiger partial charge on any atom is 0.322 e. The Labute approximate surface area is 104 Å². The second-order valence-electron chi connectivity index (χ2n) is 4.22. The molecular formula is C12H25NO2S. The fourth-order valence-corrected chi connectivity index (χ4v) is 2.56. The van der Waals surface area contributed by atoms with Crippen molar-refractivity contribution < 1.29 is 9.53 Å². The molecule has 0 aliphatic rings. The van der Waals surface area contributed by atoms with Gasteiger partial charge in [0.05, 0.1) is 7.11 Å². The summed E-state index contributed by atoms with van der Waals surface area (Å²) in [5, 5.41) is 3.15. The van der Waals surface area contributed by atoms with Crippen LogP contribution in [-0.4, -0.2) is 37.2 Å². The SMILES string of the molecule is CCNC(CCSCCC(C)C)C(=O)OC. The van der Waals surface area contributed by atoms with Gasteiger partial charge in [0, 0.05) is 0 Å². The van der Waals surface area contributed by atoms with Crippen LogP contribution in [-0.2, 0) is 9.53 Å². The largest absolute Gasteiger partial charge is 0.468 e. The molecule has 0 aliphatic carbocycles. The van der Waals surface area contributed by atoms with Gasteiger partial charge in [0.2, 0.25) is 0 Å². The molecule has 0 saturated heterocycles. The van der Waals surface area contributed by atoms with Crippen LogP contribution in [0.2, 0.25) is 0 Å². The molecule has 0 saturated carbocycles. The quantitative estimate of drug-likeness (QED) is 0.501. The third kappa shape index (κ3) is 7.99. The highest BCUT2D eigenvalue weighted by atomic mass is 32.2. The summed E-state index contributed by atoms with van der Waals surface area (Å²) in [5.41, 5.74) is 0. The average molecular weight is 247 g/mol. The number of methoxy groups -OCH3 is 1. The normalized spacial score (nSPS) is 12.8. The molecule has 1 atom stereocenters. The molecule has 0 amide bonds. The lowest BCUT2D eigenvalue weighted by atomic mass is 10.2. The third-order valence-corrected chi connectivity index (χ3v) is 3.38. The van der Waals surface area contributed by atoms with Gasteiger partial charge in [0.25, 0.3) is 0 Å². The molecule has 0 spiro atoms. The summed E-state index contributed by atoms with van der Waals surface area (Å²) in [7, 11) is 1.44. The molecule has 0 aromatic rings. The average Bonchev–Trinajstić information content (AvgIpc) is 2.25. The molecule has 0 rings (SSSR count). The van der Waals surface area contributed by atoms with Crippen LogP contribution in [0.5, 0.6) is 0 Å². The summed E-state index contributed by atoms with van der Waals surface area (Å²) in [6.07, 6.45) is 2.10. The lowest BCUT2D eigenvalue weighted by Crippen LogP contribution is -2.37. The van der Waals surface area contributed by atoms with Gasteiger partial charge in [-0.2, -0.15) is 11.8 Å². The standard InChI is InChI=1S/C12H25NO2S/c1-5-13-11(12(14)15-4)7-9-16-8-6-10(2)3/h10-11,13H,5-9H2,1-4H3. The Morgan fingerprint density at radius 1 is 1.31 bits per heavy atom. The molecule has 0 aromatic carbocycles. The minimum atomic E-state index is -0.147. The number of esters is 1. The molecule has 3 nitrogen and oxygen atoms in total. The first-order valence-corrected chi connectivity index (χ1v) is 7.16. The van der Waals surface area contributed by atoms with Gasteiger partial charge in [-0.1, -0.05) is 20.8 Å². The van der Waals surface area contributed by atoms with Crippen LogP contribution in [0.4, 0.5) is 0 Å². The van der Waals surface area contributed by atoms with E-state index in [2.05, 4.69) is 19.2 Å². The van der Waals surface area contributed by atoms with Crippen molar-refractivity contribution in [3.05, 3.63) is 0 Å². The van der Waals surface area contributed by atoms with Crippen LogP contribution < -0.4 is 5.32 Å². The number of carbonyl (C=O) groups excluding carboxylic acids is 1. The van der Waals surface area contributed by atoms with E-state index in [1.165, 1.54) is 19.3 Å². The topological polar surface area (TPSA) is 38.3 Å². The Balaban J connectivity index is 3.64. The second-order valence-corrected chi connectivity index (χ2v) is 5.44. The molecule has 4 heteroatoms. The van der Waals surface area contributed by atoms with Gasteiger partial charge in [-0.25, -0.2) is 0 Å². The molecule has 0 aromatic heterocycles. The third-order valence-electron chi connectivity index (χ3n) is 2.33. The molecule has 0 fully saturated rings. The van der Waals surface area contributed by atoms with Gasteiger partial charge >= 0.3 is 5.97 Å². The van der Waals surface area contributed by atoms with Crippen molar-refractivity contribution in [2.45, 2.75) is 39.7 Å². The number of thioether (sulfide) groups is 1. The highest BCUT2D eigenvalue weighted by molar-refractivity contribution is 7.99. The molecule has 0 bridgehead atoms. The van der Waals surface area contributed by atoms with Crippen molar-refractivity contribution in [3.8, 4) is 0 Å². The summed E-state index contributed by atoms with van der Waals surface area (Å²) in [6.45, 7) is 7.27. The number of likely N-dealkylation sites (N-methyl/N-ethyl adjacent to an activating group) is 1. The first-order valence-electron chi connectivity index (χ1n) is 6.00. The van der Waals surface area contributed by atoms with Crippen molar-refractivity contribution in [1.29, 1.82) is 0 Å². The number of hydrogen-bond donors (Lipinski definition) is 1. The minimum Gasteiger partial charge on any atom is -0.468 e. The van der Waals surface area contributed by atoms with E-state index in [1.807, 2.05) is 18.7 Å². The summed E-state index contributed by atoms with van der Waals surface area (Å²) in [4.78, 5) is 11.4. The smallest absolute Gasteiger partial charge is 0.322 e. The summed E-state index contributed by atoms with van der Waals surface area (Å²) in [6, 6.07) is -0.137. The number of rotatable bonds is 9. The molecule has 1 N–H and O–H groups in total. The predicted molar refractivity (Wildman–Crippen MR) is 70.9 cm³/mol. The monoisotopic (exact) mass is 247 g/mol. The first-order chi connectivity index (χ1) is 7.61. The molecule has 0 heterocycles. The van der Waals surface area contributed by atoms with Crippen LogP contribution >= 0.6 is 11.8 Å². The predicted octanol–water partition coefficient (Wildman–Crippen LogP) is 2.31. The van der Waals surface area contributed by atoms with E-state index in [9.17, 15) is 4.79 Å². The van der Waals surface area contributed by atoms with E-state index in [1.54, 1.807) is 0 Å². The van der Waals surface area contributed by atoms with Gasteiger partial charge in [0.15, 0.2) is 0 Å². The molecule has 96 valence electrons. The summed E-state index contributed by atoms with van der Waals surface area (Å²) >= 11 is 1.92. The minimum absolute atomic E-state index is 0.137. The van der Waals surface area contributed by atoms with Crippen LogP contribution in [0.25, 0.3) is 0 Å². The van der Waals surface area contributed by atoms with E-state index in [0.717, 1.165) is 24.6 Å². The zero-order valence-electron chi connectivity index (χ0n) is 10.9. The Morgan fingerprint density at radius 3 is 2.44 bits per heavy atom. The van der Waals surface area contributed by atoms with Crippen molar-refractivity contribution in [2.75, 3.05) is 25.2 Å². The van der Waals surface area contributed by atoms with Crippen molar-refractivity contribution in [1.82, 2.24) is 5.32 Å². The van der Waals surface area contributed by atoms with Crippen LogP contribution in [0.15, 0.2) is 0 Å². The van der Waals surface area contributed by atoms with E-state index in [4.69, 9.17) is 4.74 Å². The Hall–Kier alpha value is -0.220. The van der Waals surface area contributed by atoms with E-state index in [0.29, 0.717) is 0 Å². The van der Waals surface area contributed by atoms with Gasteiger partial charge in [-0.05, 0) is 36.8 Å². The van der Waals surface area contributed by atoms with Gasteiger partial charge in [-0.15, -0.1) is 0 Å². The Kier molecular flexibility index (Phi) is 9.83. The summed E-state index contributed by atoms with van der Waals surface area (Å²) in [5.74, 6) is 2.81. The fraction of sp³-hybridized carbons (Fsp3) is 0.917.